The van der Waals surface area contributed by atoms with Crippen LogP contribution in [0.4, 0.5) is 8.78 Å². The lowest BCUT2D eigenvalue weighted by Gasteiger charge is -2.10. The fraction of sp³-hybridized carbons (Fsp3) is 0.400. The van der Waals surface area contributed by atoms with Crippen molar-refractivity contribution in [2.75, 3.05) is 6.54 Å². The van der Waals surface area contributed by atoms with Gasteiger partial charge in [0.1, 0.15) is 5.69 Å². The minimum absolute atomic E-state index is 0.138. The number of nitrogens with zero attached hydrogens (tertiary/aromatic N) is 2. The van der Waals surface area contributed by atoms with E-state index in [1.165, 1.54) is 16.8 Å². The molecule has 0 aliphatic carbocycles. The Morgan fingerprint density at radius 3 is 2.33 bits per heavy atom. The topological polar surface area (TPSA) is 29.9 Å². The SMILES string of the molecule is CCCNCc1cc(F)c(-n2nc(C)c(Br)c2C)c(F)c1. The quantitative estimate of drug-likeness (QED) is 0.818. The van der Waals surface area contributed by atoms with Gasteiger partial charge >= 0.3 is 0 Å². The van der Waals surface area contributed by atoms with Gasteiger partial charge < -0.3 is 5.32 Å². The van der Waals surface area contributed by atoms with Crippen molar-refractivity contribution in [3.8, 4) is 5.69 Å². The van der Waals surface area contributed by atoms with E-state index >= 15 is 0 Å². The zero-order valence-corrected chi connectivity index (χ0v) is 13.9. The first-order valence-electron chi connectivity index (χ1n) is 6.86. The van der Waals surface area contributed by atoms with Crippen molar-refractivity contribution in [3.05, 3.63) is 45.2 Å². The Hall–Kier alpha value is -1.27. The number of rotatable bonds is 5. The summed E-state index contributed by atoms with van der Waals surface area (Å²) in [6, 6.07) is 2.71. The molecule has 0 bridgehead atoms. The van der Waals surface area contributed by atoms with E-state index in [1.54, 1.807) is 13.8 Å². The first-order valence-corrected chi connectivity index (χ1v) is 7.65. The Balaban J connectivity index is 2.39. The molecule has 114 valence electrons. The third-order valence-electron chi connectivity index (χ3n) is 3.25. The van der Waals surface area contributed by atoms with Crippen molar-refractivity contribution in [1.82, 2.24) is 15.1 Å². The molecule has 2 aromatic rings. The van der Waals surface area contributed by atoms with Crippen molar-refractivity contribution in [3.63, 3.8) is 0 Å². The van der Waals surface area contributed by atoms with Gasteiger partial charge in [-0.2, -0.15) is 5.10 Å². The van der Waals surface area contributed by atoms with Crippen LogP contribution in [0.5, 0.6) is 0 Å². The summed E-state index contributed by atoms with van der Waals surface area (Å²) in [7, 11) is 0. The molecule has 0 atom stereocenters. The molecule has 0 aliphatic rings. The van der Waals surface area contributed by atoms with Gasteiger partial charge in [-0.15, -0.1) is 0 Å². The normalized spacial score (nSPS) is 11.1. The van der Waals surface area contributed by atoms with Gasteiger partial charge in [0, 0.05) is 6.54 Å². The average Bonchev–Trinajstić information content (AvgIpc) is 2.66. The summed E-state index contributed by atoms with van der Waals surface area (Å²) < 4.78 is 30.6. The van der Waals surface area contributed by atoms with Crippen molar-refractivity contribution >= 4 is 15.9 Å². The Kier molecular flexibility index (Phi) is 5.11. The van der Waals surface area contributed by atoms with Gasteiger partial charge in [0.25, 0.3) is 0 Å². The molecule has 1 aromatic heterocycles. The van der Waals surface area contributed by atoms with E-state index in [0.29, 0.717) is 23.5 Å². The van der Waals surface area contributed by atoms with Gasteiger partial charge in [-0.1, -0.05) is 6.92 Å². The predicted molar refractivity (Wildman–Crippen MR) is 82.7 cm³/mol. The molecular formula is C15H18BrF2N3. The predicted octanol–water partition coefficient (Wildman–Crippen LogP) is 4.03. The van der Waals surface area contributed by atoms with Crippen LogP contribution in [-0.4, -0.2) is 16.3 Å². The molecule has 1 N–H and O–H groups in total. The number of aromatic nitrogens is 2. The van der Waals surface area contributed by atoms with Crippen LogP contribution >= 0.6 is 15.9 Å². The van der Waals surface area contributed by atoms with E-state index in [9.17, 15) is 8.78 Å². The number of hydrogen-bond acceptors (Lipinski definition) is 2. The second-order valence-electron chi connectivity index (χ2n) is 4.98. The highest BCUT2D eigenvalue weighted by Crippen LogP contribution is 2.26. The number of halogens is 3. The van der Waals surface area contributed by atoms with Gasteiger partial charge in [0.15, 0.2) is 11.6 Å². The molecule has 0 radical (unpaired) electrons. The van der Waals surface area contributed by atoms with Crippen molar-refractivity contribution < 1.29 is 8.78 Å². The van der Waals surface area contributed by atoms with Gasteiger partial charge in [-0.3, -0.25) is 0 Å². The summed E-state index contributed by atoms with van der Waals surface area (Å²) in [5, 5.41) is 7.31. The fourth-order valence-corrected chi connectivity index (χ4v) is 2.42. The summed E-state index contributed by atoms with van der Waals surface area (Å²) in [4.78, 5) is 0. The first kappa shape index (κ1) is 16.1. The molecule has 0 saturated heterocycles. The molecular weight excluding hydrogens is 340 g/mol. The van der Waals surface area contributed by atoms with Crippen LogP contribution in [0.25, 0.3) is 5.69 Å². The standard InChI is InChI=1S/C15H18BrF2N3/c1-4-5-19-8-11-6-12(17)15(13(18)7-11)21-10(3)14(16)9(2)20-21/h6-7,19H,4-5,8H2,1-3H3. The lowest BCUT2D eigenvalue weighted by molar-refractivity contribution is 0.550. The van der Waals surface area contributed by atoms with Crippen molar-refractivity contribution in [1.29, 1.82) is 0 Å². The Bertz CT molecular complexity index is 630. The zero-order valence-electron chi connectivity index (χ0n) is 12.3. The molecule has 3 nitrogen and oxygen atoms in total. The molecule has 0 saturated carbocycles. The van der Waals surface area contributed by atoms with Gasteiger partial charge in [0.05, 0.1) is 15.9 Å². The van der Waals surface area contributed by atoms with Gasteiger partial charge in [0.2, 0.25) is 0 Å². The molecule has 6 heteroatoms. The van der Waals surface area contributed by atoms with E-state index in [0.717, 1.165) is 17.4 Å². The maximum atomic E-state index is 14.3. The minimum atomic E-state index is -0.610. The first-order chi connectivity index (χ1) is 9.95. The van der Waals surface area contributed by atoms with Crippen molar-refractivity contribution in [2.24, 2.45) is 0 Å². The highest BCUT2D eigenvalue weighted by molar-refractivity contribution is 9.10. The summed E-state index contributed by atoms with van der Waals surface area (Å²) in [5.41, 5.74) is 1.81. The summed E-state index contributed by atoms with van der Waals surface area (Å²) in [6.45, 7) is 6.85. The maximum Gasteiger partial charge on any atom is 0.152 e. The highest BCUT2D eigenvalue weighted by atomic mass is 79.9. The highest BCUT2D eigenvalue weighted by Gasteiger charge is 2.18. The van der Waals surface area contributed by atoms with E-state index in [2.05, 4.69) is 26.3 Å². The second-order valence-corrected chi connectivity index (χ2v) is 5.77. The molecule has 0 amide bonds. The number of aryl methyl sites for hydroxylation is 1. The molecule has 1 heterocycles. The maximum absolute atomic E-state index is 14.3. The molecule has 1 aromatic carbocycles. The van der Waals surface area contributed by atoms with Crippen LogP contribution in [0, 0.1) is 25.5 Å². The molecule has 21 heavy (non-hydrogen) atoms. The van der Waals surface area contributed by atoms with Gasteiger partial charge in [-0.05, 0) is 60.4 Å². The molecule has 0 spiro atoms. The van der Waals surface area contributed by atoms with Crippen LogP contribution in [0.3, 0.4) is 0 Å². The average molecular weight is 358 g/mol. The summed E-state index contributed by atoms with van der Waals surface area (Å²) >= 11 is 3.36. The Morgan fingerprint density at radius 1 is 1.24 bits per heavy atom. The van der Waals surface area contributed by atoms with Crippen molar-refractivity contribution in [2.45, 2.75) is 33.7 Å². The van der Waals surface area contributed by atoms with E-state index in [4.69, 9.17) is 0 Å². The van der Waals surface area contributed by atoms with Crippen LogP contribution in [0.1, 0.15) is 30.3 Å². The Labute approximate surface area is 131 Å². The third kappa shape index (κ3) is 3.32. The minimum Gasteiger partial charge on any atom is -0.313 e. The number of benzene rings is 1. The third-order valence-corrected chi connectivity index (χ3v) is 4.40. The van der Waals surface area contributed by atoms with Crippen LogP contribution in [-0.2, 0) is 6.54 Å². The largest absolute Gasteiger partial charge is 0.313 e. The molecule has 0 aliphatic heterocycles. The van der Waals surface area contributed by atoms with E-state index < -0.39 is 11.6 Å². The molecule has 2 rings (SSSR count). The fourth-order valence-electron chi connectivity index (χ4n) is 2.17. The summed E-state index contributed by atoms with van der Waals surface area (Å²) in [6.07, 6.45) is 0.975. The van der Waals surface area contributed by atoms with E-state index in [1.807, 2.05) is 6.92 Å². The van der Waals surface area contributed by atoms with Crippen LogP contribution in [0.15, 0.2) is 16.6 Å². The Morgan fingerprint density at radius 2 is 1.86 bits per heavy atom. The smallest absolute Gasteiger partial charge is 0.152 e. The lowest BCUT2D eigenvalue weighted by atomic mass is 10.1. The van der Waals surface area contributed by atoms with Crippen LogP contribution < -0.4 is 5.32 Å². The van der Waals surface area contributed by atoms with Gasteiger partial charge in [-0.25, -0.2) is 13.5 Å². The zero-order chi connectivity index (χ0) is 15.6. The van der Waals surface area contributed by atoms with Crippen LogP contribution in [0.2, 0.25) is 0 Å². The van der Waals surface area contributed by atoms with E-state index in [-0.39, 0.29) is 5.69 Å². The molecule has 0 unspecified atom stereocenters. The molecule has 0 fully saturated rings. The lowest BCUT2D eigenvalue weighted by Crippen LogP contribution is -2.15. The summed E-state index contributed by atoms with van der Waals surface area (Å²) in [5.74, 6) is -1.22. The second kappa shape index (κ2) is 6.66. The monoisotopic (exact) mass is 357 g/mol. The number of nitrogens with one attached hydrogen (secondary N) is 1. The number of hydrogen-bond donors (Lipinski definition) is 1.